The number of aromatic nitrogens is 1. The van der Waals surface area contributed by atoms with Crippen LogP contribution in [-0.2, 0) is 11.3 Å². The number of hydrogen-bond acceptors (Lipinski definition) is 5. The van der Waals surface area contributed by atoms with Gasteiger partial charge in [-0.15, -0.1) is 0 Å². The number of carboxylic acid groups (broad SMARTS) is 1. The van der Waals surface area contributed by atoms with Gasteiger partial charge in [0.2, 0.25) is 0 Å². The van der Waals surface area contributed by atoms with Crippen molar-refractivity contribution in [2.75, 3.05) is 36.8 Å². The van der Waals surface area contributed by atoms with Crippen molar-refractivity contribution >= 4 is 29.4 Å². The van der Waals surface area contributed by atoms with Crippen LogP contribution in [0.25, 0.3) is 0 Å². The Morgan fingerprint density at radius 1 is 1.18 bits per heavy atom. The summed E-state index contributed by atoms with van der Waals surface area (Å²) < 4.78 is 15.1. The smallest absolute Gasteiger partial charge is 0.323 e. The lowest BCUT2D eigenvalue weighted by Gasteiger charge is -2.39. The molecule has 182 valence electrons. The first-order valence-corrected chi connectivity index (χ1v) is 11.0. The Morgan fingerprint density at radius 2 is 1.97 bits per heavy atom. The number of urea groups is 2. The summed E-state index contributed by atoms with van der Waals surface area (Å²) in [7, 11) is 0. The lowest BCUT2D eigenvalue weighted by Crippen LogP contribution is -2.56. The summed E-state index contributed by atoms with van der Waals surface area (Å²) in [4.78, 5) is 43.0. The van der Waals surface area contributed by atoms with Crippen LogP contribution in [0, 0.1) is 12.7 Å². The van der Waals surface area contributed by atoms with E-state index in [0.29, 0.717) is 37.4 Å². The quantitative estimate of drug-likeness (QED) is 0.491. The van der Waals surface area contributed by atoms with E-state index >= 15 is 4.39 Å². The number of nitrogens with zero attached hydrogens (tertiary/aromatic N) is 3. The molecule has 2 aromatic rings. The van der Waals surface area contributed by atoms with E-state index in [1.165, 1.54) is 12.3 Å². The number of pyridine rings is 1. The van der Waals surface area contributed by atoms with E-state index in [9.17, 15) is 14.4 Å². The molecule has 1 atom stereocenters. The molecule has 0 radical (unpaired) electrons. The Morgan fingerprint density at radius 3 is 2.65 bits per heavy atom. The molecule has 0 saturated carbocycles. The van der Waals surface area contributed by atoms with Gasteiger partial charge in [0, 0.05) is 50.0 Å². The van der Waals surface area contributed by atoms with Crippen molar-refractivity contribution in [3.8, 4) is 0 Å². The van der Waals surface area contributed by atoms with Crippen molar-refractivity contribution in [2.45, 2.75) is 32.9 Å². The van der Waals surface area contributed by atoms with Crippen molar-refractivity contribution in [1.29, 1.82) is 0 Å². The molecule has 4 N–H and O–H groups in total. The molecule has 11 heteroatoms. The van der Waals surface area contributed by atoms with Crippen molar-refractivity contribution in [3.05, 3.63) is 53.6 Å². The minimum Gasteiger partial charge on any atom is -0.481 e. The van der Waals surface area contributed by atoms with Gasteiger partial charge in [-0.3, -0.25) is 14.7 Å². The number of aliphatic carboxylic acids is 1. The van der Waals surface area contributed by atoms with E-state index in [0.717, 1.165) is 5.69 Å². The predicted molar refractivity (Wildman–Crippen MR) is 125 cm³/mol. The number of halogens is 1. The Kier molecular flexibility index (Phi) is 8.36. The highest BCUT2D eigenvalue weighted by Crippen LogP contribution is 2.21. The van der Waals surface area contributed by atoms with Crippen LogP contribution >= 0.6 is 0 Å². The van der Waals surface area contributed by atoms with Gasteiger partial charge < -0.3 is 26.0 Å². The summed E-state index contributed by atoms with van der Waals surface area (Å²) in [6, 6.07) is 7.30. The number of amides is 4. The highest BCUT2D eigenvalue weighted by atomic mass is 19.1. The molecule has 34 heavy (non-hydrogen) atoms. The van der Waals surface area contributed by atoms with Crippen molar-refractivity contribution < 1.29 is 23.9 Å². The maximum atomic E-state index is 15.1. The number of hydrogen-bond donors (Lipinski definition) is 4. The lowest BCUT2D eigenvalue weighted by atomic mass is 10.1. The van der Waals surface area contributed by atoms with Gasteiger partial charge >= 0.3 is 18.0 Å². The Bertz CT molecular complexity index is 1030. The molecule has 1 aliphatic heterocycles. The van der Waals surface area contributed by atoms with Gasteiger partial charge in [0.05, 0.1) is 24.0 Å². The van der Waals surface area contributed by atoms with Crippen LogP contribution < -0.4 is 16.0 Å². The normalized spacial score (nSPS) is 16.1. The molecule has 0 unspecified atom stereocenters. The minimum absolute atomic E-state index is 0.0690. The van der Waals surface area contributed by atoms with Gasteiger partial charge in [0.1, 0.15) is 0 Å². The molecule has 1 aromatic heterocycles. The Labute approximate surface area is 197 Å². The molecule has 0 spiro atoms. The number of benzene rings is 1. The number of nitrogens with one attached hydrogen (secondary N) is 3. The zero-order valence-electron chi connectivity index (χ0n) is 19.2. The number of aryl methyl sites for hydroxylation is 1. The summed E-state index contributed by atoms with van der Waals surface area (Å²) in [6.07, 6.45) is 1.39. The van der Waals surface area contributed by atoms with Crippen LogP contribution in [0.3, 0.4) is 0 Å². The fourth-order valence-electron chi connectivity index (χ4n) is 3.72. The molecule has 0 aliphatic carbocycles. The molecule has 0 bridgehead atoms. The highest BCUT2D eigenvalue weighted by molar-refractivity contribution is 5.99. The van der Waals surface area contributed by atoms with Crippen LogP contribution in [0.4, 0.5) is 25.4 Å². The minimum atomic E-state index is -0.971. The molecule has 2 heterocycles. The highest BCUT2D eigenvalue weighted by Gasteiger charge is 2.28. The lowest BCUT2D eigenvalue weighted by molar-refractivity contribution is -0.136. The molecular formula is C23H29FN6O4. The third-order valence-electron chi connectivity index (χ3n) is 5.48. The van der Waals surface area contributed by atoms with E-state index in [-0.39, 0.29) is 30.7 Å². The van der Waals surface area contributed by atoms with Gasteiger partial charge in [-0.25, -0.2) is 14.0 Å². The summed E-state index contributed by atoms with van der Waals surface area (Å²) in [5.74, 6) is -1.48. The van der Waals surface area contributed by atoms with Crippen LogP contribution in [0.15, 0.2) is 36.5 Å². The summed E-state index contributed by atoms with van der Waals surface area (Å²) >= 11 is 0. The van der Waals surface area contributed by atoms with E-state index in [1.807, 2.05) is 18.7 Å². The molecular weight excluding hydrogens is 443 g/mol. The average Bonchev–Trinajstić information content (AvgIpc) is 2.78. The summed E-state index contributed by atoms with van der Waals surface area (Å²) in [5.41, 5.74) is 1.82. The third-order valence-corrected chi connectivity index (χ3v) is 5.48. The number of carboxylic acids is 1. The van der Waals surface area contributed by atoms with Crippen LogP contribution in [0.1, 0.15) is 24.6 Å². The number of carbonyl (C=O) groups excluding carboxylic acids is 2. The van der Waals surface area contributed by atoms with Crippen molar-refractivity contribution in [1.82, 2.24) is 20.1 Å². The van der Waals surface area contributed by atoms with Gasteiger partial charge in [-0.2, -0.15) is 0 Å². The molecule has 3 rings (SSSR count). The SMILES string of the molecule is Cc1ccc(NC(=O)Nc2cccc(CN3CCN(C(=O)NCCC(=O)O)[C@H](C)C3)c2F)cn1. The molecule has 1 aliphatic rings. The average molecular weight is 473 g/mol. The van der Waals surface area contributed by atoms with Crippen LogP contribution in [0.5, 0.6) is 0 Å². The molecule has 10 nitrogen and oxygen atoms in total. The van der Waals surface area contributed by atoms with Gasteiger partial charge in [-0.1, -0.05) is 12.1 Å². The van der Waals surface area contributed by atoms with Crippen molar-refractivity contribution in [3.63, 3.8) is 0 Å². The number of carbonyl (C=O) groups is 3. The van der Waals surface area contributed by atoms with Gasteiger partial charge in [0.25, 0.3) is 0 Å². The first-order valence-electron chi connectivity index (χ1n) is 11.0. The van der Waals surface area contributed by atoms with Gasteiger partial charge in [0.15, 0.2) is 5.82 Å². The fraction of sp³-hybridized carbons (Fsp3) is 0.391. The largest absolute Gasteiger partial charge is 0.481 e. The second-order valence-electron chi connectivity index (χ2n) is 8.20. The first-order chi connectivity index (χ1) is 16.2. The zero-order valence-corrected chi connectivity index (χ0v) is 19.2. The van der Waals surface area contributed by atoms with E-state index < -0.39 is 17.8 Å². The maximum Gasteiger partial charge on any atom is 0.323 e. The monoisotopic (exact) mass is 472 g/mol. The second kappa shape index (κ2) is 11.4. The molecule has 1 saturated heterocycles. The first kappa shape index (κ1) is 24.9. The Balaban J connectivity index is 1.54. The molecule has 4 amide bonds. The zero-order chi connectivity index (χ0) is 24.7. The molecule has 1 aromatic carbocycles. The number of anilines is 2. The van der Waals surface area contributed by atoms with Crippen molar-refractivity contribution in [2.24, 2.45) is 0 Å². The van der Waals surface area contributed by atoms with Crippen LogP contribution in [0.2, 0.25) is 0 Å². The topological polar surface area (TPSA) is 127 Å². The molecule has 1 fully saturated rings. The second-order valence-corrected chi connectivity index (χ2v) is 8.20. The summed E-state index contributed by atoms with van der Waals surface area (Å²) in [5, 5.41) is 16.5. The number of rotatable bonds is 7. The maximum absolute atomic E-state index is 15.1. The van der Waals surface area contributed by atoms with E-state index in [2.05, 4.69) is 20.9 Å². The fourth-order valence-corrected chi connectivity index (χ4v) is 3.72. The van der Waals surface area contributed by atoms with Crippen LogP contribution in [-0.4, -0.2) is 70.1 Å². The third kappa shape index (κ3) is 6.88. The Hall–Kier alpha value is -3.73. The van der Waals surface area contributed by atoms with E-state index in [4.69, 9.17) is 5.11 Å². The summed E-state index contributed by atoms with van der Waals surface area (Å²) in [6.45, 7) is 5.62. The number of piperazine rings is 1. The predicted octanol–water partition coefficient (Wildman–Crippen LogP) is 2.86. The van der Waals surface area contributed by atoms with E-state index in [1.54, 1.807) is 29.2 Å². The van der Waals surface area contributed by atoms with Gasteiger partial charge in [-0.05, 0) is 32.0 Å². The standard InChI is InChI=1S/C23H29FN6O4/c1-15-6-7-18(12-26-15)27-22(33)28-19-5-3-4-17(21(19)24)14-29-10-11-30(16(2)13-29)23(34)25-9-8-20(31)32/h3-7,12,16H,8-11,13-14H2,1-2H3,(H,25,34)(H,31,32)(H2,27,28,33)/t16-/m1/s1.